The van der Waals surface area contributed by atoms with Crippen LogP contribution in [0.2, 0.25) is 0 Å². The van der Waals surface area contributed by atoms with Crippen molar-refractivity contribution in [3.63, 3.8) is 0 Å². The zero-order valence-electron chi connectivity index (χ0n) is 10.6. The number of nitrogens with zero attached hydrogens (tertiary/aromatic N) is 1. The molecule has 0 amide bonds. The first kappa shape index (κ1) is 13.7. The molecule has 1 aromatic heterocycles. The lowest BCUT2D eigenvalue weighted by atomic mass is 10.1. The summed E-state index contributed by atoms with van der Waals surface area (Å²) in [5, 5.41) is 0. The molecule has 0 aromatic carbocycles. The molecule has 0 saturated carbocycles. The molecule has 0 radical (unpaired) electrons. The lowest BCUT2D eigenvalue weighted by Gasteiger charge is -2.03. The number of H-pyrrole nitrogens is 1. The topological polar surface area (TPSA) is 55.0 Å². The third kappa shape index (κ3) is 6.76. The maximum atomic E-state index is 11.4. The molecule has 0 bridgehead atoms. The van der Waals surface area contributed by atoms with Gasteiger partial charge in [0, 0.05) is 11.9 Å². The molecule has 96 valence electrons. The summed E-state index contributed by atoms with van der Waals surface area (Å²) in [5.74, 6) is -0.178. The number of unbranched alkanes of at least 4 members (excludes halogenated alkanes) is 5. The Labute approximate surface area is 103 Å². The Morgan fingerprint density at radius 2 is 2.06 bits per heavy atom. The highest BCUT2D eigenvalue weighted by Gasteiger charge is 2.04. The smallest absolute Gasteiger partial charge is 0.311 e. The summed E-state index contributed by atoms with van der Waals surface area (Å²) < 4.78 is 5.14. The third-order valence-corrected chi connectivity index (χ3v) is 2.65. The Hall–Kier alpha value is -1.32. The molecule has 0 aliphatic heterocycles. The Bertz CT molecular complexity index is 296. The number of nitrogens with one attached hydrogen (secondary N) is 1. The van der Waals surface area contributed by atoms with E-state index < -0.39 is 0 Å². The molecule has 0 aliphatic rings. The van der Waals surface area contributed by atoms with Crippen molar-refractivity contribution in [2.75, 3.05) is 6.61 Å². The third-order valence-electron chi connectivity index (χ3n) is 2.65. The first-order chi connectivity index (χ1) is 8.33. The van der Waals surface area contributed by atoms with Crippen molar-refractivity contribution in [2.45, 2.75) is 51.9 Å². The van der Waals surface area contributed by atoms with Gasteiger partial charge in [-0.3, -0.25) is 4.79 Å². The summed E-state index contributed by atoms with van der Waals surface area (Å²) >= 11 is 0. The van der Waals surface area contributed by atoms with Gasteiger partial charge in [0.15, 0.2) is 0 Å². The van der Waals surface area contributed by atoms with Crippen LogP contribution in [0.25, 0.3) is 0 Å². The number of carbonyl (C=O) groups excluding carboxylic acids is 1. The van der Waals surface area contributed by atoms with E-state index in [1.54, 1.807) is 12.5 Å². The SMILES string of the molecule is CCCCCCCCOC(=O)Cc1cnc[nH]1. The van der Waals surface area contributed by atoms with Crippen molar-refractivity contribution < 1.29 is 9.53 Å². The highest BCUT2D eigenvalue weighted by Crippen LogP contribution is 2.05. The van der Waals surface area contributed by atoms with Crippen LogP contribution in [0, 0.1) is 0 Å². The molecule has 0 aliphatic carbocycles. The van der Waals surface area contributed by atoms with Gasteiger partial charge in [-0.05, 0) is 6.42 Å². The van der Waals surface area contributed by atoms with E-state index in [1.807, 2.05) is 0 Å². The standard InChI is InChI=1S/C13H22N2O2/c1-2-3-4-5-6-7-8-17-13(16)9-12-10-14-11-15-12/h10-11H,2-9H2,1H3,(H,14,15). The second-order valence-electron chi connectivity index (χ2n) is 4.24. The number of hydrogen-bond donors (Lipinski definition) is 1. The second-order valence-corrected chi connectivity index (χ2v) is 4.24. The van der Waals surface area contributed by atoms with E-state index in [0.717, 1.165) is 18.5 Å². The van der Waals surface area contributed by atoms with Gasteiger partial charge >= 0.3 is 5.97 Å². The molecule has 1 N–H and O–H groups in total. The minimum atomic E-state index is -0.178. The number of aromatic nitrogens is 2. The summed E-state index contributed by atoms with van der Waals surface area (Å²) in [6.07, 6.45) is 10.7. The maximum absolute atomic E-state index is 11.4. The molecule has 0 saturated heterocycles. The summed E-state index contributed by atoms with van der Waals surface area (Å²) in [5.41, 5.74) is 0.804. The summed E-state index contributed by atoms with van der Waals surface area (Å²) in [7, 11) is 0. The lowest BCUT2D eigenvalue weighted by molar-refractivity contribution is -0.143. The Morgan fingerprint density at radius 3 is 2.76 bits per heavy atom. The second kappa shape index (κ2) is 8.79. The number of esters is 1. The van der Waals surface area contributed by atoms with Crippen LogP contribution in [0.1, 0.15) is 51.1 Å². The van der Waals surface area contributed by atoms with Gasteiger partial charge in [0.05, 0.1) is 19.4 Å². The van der Waals surface area contributed by atoms with Gasteiger partial charge in [-0.25, -0.2) is 4.98 Å². The molecule has 4 heteroatoms. The van der Waals surface area contributed by atoms with Gasteiger partial charge in [-0.15, -0.1) is 0 Å². The van der Waals surface area contributed by atoms with Crippen molar-refractivity contribution in [1.29, 1.82) is 0 Å². The average Bonchev–Trinajstić information content (AvgIpc) is 2.80. The number of carbonyl (C=O) groups is 1. The molecular formula is C13H22N2O2. The van der Waals surface area contributed by atoms with Crippen LogP contribution in [-0.2, 0) is 16.0 Å². The first-order valence-corrected chi connectivity index (χ1v) is 6.45. The highest BCUT2D eigenvalue weighted by atomic mass is 16.5. The van der Waals surface area contributed by atoms with Gasteiger partial charge in [0.1, 0.15) is 0 Å². The average molecular weight is 238 g/mol. The zero-order chi connectivity index (χ0) is 12.3. The molecular weight excluding hydrogens is 216 g/mol. The van der Waals surface area contributed by atoms with Crippen molar-refractivity contribution >= 4 is 5.97 Å². The molecule has 1 aromatic rings. The van der Waals surface area contributed by atoms with Crippen LogP contribution in [0.5, 0.6) is 0 Å². The molecule has 1 heterocycles. The van der Waals surface area contributed by atoms with Gasteiger partial charge in [-0.1, -0.05) is 39.0 Å². The predicted octanol–water partition coefficient (Wildman–Crippen LogP) is 2.86. The molecule has 1 rings (SSSR count). The molecule has 17 heavy (non-hydrogen) atoms. The fraction of sp³-hybridized carbons (Fsp3) is 0.692. The van der Waals surface area contributed by atoms with Crippen LogP contribution in [-0.4, -0.2) is 22.5 Å². The minimum Gasteiger partial charge on any atom is -0.465 e. The van der Waals surface area contributed by atoms with Crippen LogP contribution in [0.3, 0.4) is 0 Å². The monoisotopic (exact) mass is 238 g/mol. The summed E-state index contributed by atoms with van der Waals surface area (Å²) in [4.78, 5) is 18.1. The van der Waals surface area contributed by atoms with Crippen LogP contribution in [0.15, 0.2) is 12.5 Å². The molecule has 4 nitrogen and oxygen atoms in total. The fourth-order valence-electron chi connectivity index (χ4n) is 1.66. The minimum absolute atomic E-state index is 0.178. The Morgan fingerprint density at radius 1 is 1.29 bits per heavy atom. The van der Waals surface area contributed by atoms with Crippen LogP contribution >= 0.6 is 0 Å². The van der Waals surface area contributed by atoms with Crippen molar-refractivity contribution in [1.82, 2.24) is 9.97 Å². The predicted molar refractivity (Wildman–Crippen MR) is 66.6 cm³/mol. The normalized spacial score (nSPS) is 10.4. The molecule has 0 atom stereocenters. The van der Waals surface area contributed by atoms with Crippen molar-refractivity contribution in [3.05, 3.63) is 18.2 Å². The van der Waals surface area contributed by atoms with Crippen LogP contribution in [0.4, 0.5) is 0 Å². The Kier molecular flexibility index (Phi) is 7.11. The maximum Gasteiger partial charge on any atom is 0.311 e. The van der Waals surface area contributed by atoms with E-state index in [9.17, 15) is 4.79 Å². The van der Waals surface area contributed by atoms with Gasteiger partial charge in [0.2, 0.25) is 0 Å². The number of ether oxygens (including phenoxy) is 1. The Balaban J connectivity index is 1.94. The van der Waals surface area contributed by atoms with E-state index in [1.165, 1.54) is 25.7 Å². The van der Waals surface area contributed by atoms with Gasteiger partial charge in [-0.2, -0.15) is 0 Å². The van der Waals surface area contributed by atoms with E-state index in [-0.39, 0.29) is 12.4 Å². The molecule has 0 spiro atoms. The molecule has 0 unspecified atom stereocenters. The van der Waals surface area contributed by atoms with Crippen LogP contribution < -0.4 is 0 Å². The van der Waals surface area contributed by atoms with Gasteiger partial charge in [0.25, 0.3) is 0 Å². The van der Waals surface area contributed by atoms with E-state index in [4.69, 9.17) is 4.74 Å². The first-order valence-electron chi connectivity index (χ1n) is 6.45. The number of aromatic amines is 1. The number of imidazole rings is 1. The highest BCUT2D eigenvalue weighted by molar-refractivity contribution is 5.71. The van der Waals surface area contributed by atoms with Crippen molar-refractivity contribution in [3.8, 4) is 0 Å². The number of rotatable bonds is 9. The van der Waals surface area contributed by atoms with E-state index in [2.05, 4.69) is 16.9 Å². The van der Waals surface area contributed by atoms with E-state index >= 15 is 0 Å². The summed E-state index contributed by atoms with van der Waals surface area (Å²) in [6, 6.07) is 0. The quantitative estimate of drug-likeness (QED) is 0.531. The zero-order valence-corrected chi connectivity index (χ0v) is 10.6. The van der Waals surface area contributed by atoms with Crippen molar-refractivity contribution in [2.24, 2.45) is 0 Å². The lowest BCUT2D eigenvalue weighted by Crippen LogP contribution is -2.09. The largest absolute Gasteiger partial charge is 0.465 e. The summed E-state index contributed by atoms with van der Waals surface area (Å²) in [6.45, 7) is 2.75. The molecule has 0 fully saturated rings. The fourth-order valence-corrected chi connectivity index (χ4v) is 1.66. The number of hydrogen-bond acceptors (Lipinski definition) is 3. The van der Waals surface area contributed by atoms with Gasteiger partial charge < -0.3 is 9.72 Å². The van der Waals surface area contributed by atoms with E-state index in [0.29, 0.717) is 6.61 Å².